The van der Waals surface area contributed by atoms with Crippen LogP contribution in [0, 0.1) is 12.7 Å². The molecule has 0 spiro atoms. The van der Waals surface area contributed by atoms with Gasteiger partial charge in [0.05, 0.1) is 12.8 Å². The number of hydrogen-bond acceptors (Lipinski definition) is 6. The van der Waals surface area contributed by atoms with Gasteiger partial charge < -0.3 is 9.05 Å². The molecule has 3 rings (SSSR count). The van der Waals surface area contributed by atoms with Crippen LogP contribution in [-0.2, 0) is 12.8 Å². The molecule has 0 atom stereocenters. The van der Waals surface area contributed by atoms with E-state index in [1.165, 1.54) is 6.07 Å². The van der Waals surface area contributed by atoms with Crippen LogP contribution in [-0.4, -0.2) is 20.3 Å². The van der Waals surface area contributed by atoms with E-state index in [2.05, 4.69) is 20.3 Å². The van der Waals surface area contributed by atoms with Crippen LogP contribution in [0.25, 0.3) is 0 Å². The number of hydrogen-bond donors (Lipinski definition) is 0. The molecule has 0 aliphatic carbocycles. The van der Waals surface area contributed by atoms with Gasteiger partial charge in [-0.1, -0.05) is 28.0 Å². The highest BCUT2D eigenvalue weighted by molar-refractivity contribution is 6.31. The fourth-order valence-corrected chi connectivity index (χ4v) is 2.07. The number of benzene rings is 1. The minimum absolute atomic E-state index is 0.129. The fourth-order valence-electron chi connectivity index (χ4n) is 1.84. The number of halogens is 2. The molecule has 1 aromatic carbocycles. The van der Waals surface area contributed by atoms with Gasteiger partial charge in [0.15, 0.2) is 11.6 Å². The molecule has 0 bridgehead atoms. The average Bonchev–Trinajstić information content (AvgIpc) is 3.04. The van der Waals surface area contributed by atoms with Crippen LogP contribution in [0.2, 0.25) is 5.02 Å². The highest BCUT2D eigenvalue weighted by Crippen LogP contribution is 2.21. The van der Waals surface area contributed by atoms with Crippen molar-refractivity contribution in [2.45, 2.75) is 19.8 Å². The quantitative estimate of drug-likeness (QED) is 0.737. The van der Waals surface area contributed by atoms with Gasteiger partial charge in [-0.2, -0.15) is 9.97 Å². The average molecular weight is 309 g/mol. The zero-order valence-corrected chi connectivity index (χ0v) is 11.8. The van der Waals surface area contributed by atoms with Gasteiger partial charge in [0.25, 0.3) is 0 Å². The predicted octanol–water partition coefficient (Wildman–Crippen LogP) is 2.74. The van der Waals surface area contributed by atoms with Gasteiger partial charge in [0, 0.05) is 17.5 Å². The number of aryl methyl sites for hydroxylation is 1. The minimum atomic E-state index is -0.406. The Bertz CT molecular complexity index is 751. The van der Waals surface area contributed by atoms with Crippen molar-refractivity contribution >= 4 is 11.6 Å². The van der Waals surface area contributed by atoms with E-state index in [-0.39, 0.29) is 18.7 Å². The highest BCUT2D eigenvalue weighted by atomic mass is 35.5. The molecule has 0 radical (unpaired) electrons. The zero-order chi connectivity index (χ0) is 14.8. The zero-order valence-electron chi connectivity index (χ0n) is 11.0. The summed E-state index contributed by atoms with van der Waals surface area (Å²) in [5, 5.41) is 7.87. The lowest BCUT2D eigenvalue weighted by atomic mass is 10.1. The second-order valence-corrected chi connectivity index (χ2v) is 4.79. The van der Waals surface area contributed by atoms with Crippen molar-refractivity contribution in [2.24, 2.45) is 0 Å². The van der Waals surface area contributed by atoms with E-state index in [1.54, 1.807) is 19.1 Å². The van der Waals surface area contributed by atoms with Crippen molar-refractivity contribution < 1.29 is 13.4 Å². The molecule has 2 aromatic heterocycles. The summed E-state index contributed by atoms with van der Waals surface area (Å²) >= 11 is 5.96. The summed E-state index contributed by atoms with van der Waals surface area (Å²) in [6.07, 6.45) is 0.412. The molecule has 0 unspecified atom stereocenters. The van der Waals surface area contributed by atoms with Crippen molar-refractivity contribution in [3.63, 3.8) is 0 Å². The molecule has 0 aliphatic heterocycles. The molecule has 0 saturated carbocycles. The maximum atomic E-state index is 13.7. The molecule has 108 valence electrons. The van der Waals surface area contributed by atoms with Crippen LogP contribution in [0.3, 0.4) is 0 Å². The lowest BCUT2D eigenvalue weighted by molar-refractivity contribution is 0.376. The highest BCUT2D eigenvalue weighted by Gasteiger charge is 2.14. The van der Waals surface area contributed by atoms with E-state index < -0.39 is 5.82 Å². The van der Waals surface area contributed by atoms with E-state index in [1.807, 2.05) is 0 Å². The molecule has 8 heteroatoms. The molecule has 0 aliphatic rings. The van der Waals surface area contributed by atoms with Crippen molar-refractivity contribution in [1.82, 2.24) is 20.3 Å². The fraction of sp³-hybridized carbons (Fsp3) is 0.231. The molecular weight excluding hydrogens is 299 g/mol. The molecule has 0 fully saturated rings. The summed E-state index contributed by atoms with van der Waals surface area (Å²) in [7, 11) is 0. The molecule has 2 heterocycles. The molecule has 0 saturated heterocycles. The third-order valence-electron chi connectivity index (χ3n) is 2.79. The van der Waals surface area contributed by atoms with Gasteiger partial charge in [0.1, 0.15) is 5.82 Å². The lowest BCUT2D eigenvalue weighted by Crippen LogP contribution is -1.96. The minimum Gasteiger partial charge on any atom is -0.340 e. The predicted molar refractivity (Wildman–Crippen MR) is 70.4 cm³/mol. The Kier molecular flexibility index (Phi) is 3.66. The Labute approximate surface area is 123 Å². The van der Waals surface area contributed by atoms with Crippen molar-refractivity contribution in [1.29, 1.82) is 0 Å². The third-order valence-corrected chi connectivity index (χ3v) is 3.14. The summed E-state index contributed by atoms with van der Waals surface area (Å²) in [5.41, 5.74) is 0.324. The third kappa shape index (κ3) is 3.08. The summed E-state index contributed by atoms with van der Waals surface area (Å²) in [4.78, 5) is 8.21. The summed E-state index contributed by atoms with van der Waals surface area (Å²) in [6, 6.07) is 4.49. The monoisotopic (exact) mass is 308 g/mol. The molecular formula is C13H10ClFN4O2. The molecule has 6 nitrogen and oxygen atoms in total. The van der Waals surface area contributed by atoms with Crippen LogP contribution < -0.4 is 0 Å². The van der Waals surface area contributed by atoms with Gasteiger partial charge in [-0.3, -0.25) is 0 Å². The van der Waals surface area contributed by atoms with Crippen molar-refractivity contribution in [2.75, 3.05) is 0 Å². The Morgan fingerprint density at radius 2 is 1.86 bits per heavy atom. The van der Waals surface area contributed by atoms with Gasteiger partial charge >= 0.3 is 0 Å². The summed E-state index contributed by atoms with van der Waals surface area (Å²) < 4.78 is 23.6. The molecule has 0 amide bonds. The first-order chi connectivity index (χ1) is 10.1. The van der Waals surface area contributed by atoms with Crippen LogP contribution in [0.4, 0.5) is 4.39 Å². The van der Waals surface area contributed by atoms with Gasteiger partial charge in [-0.15, -0.1) is 0 Å². The number of nitrogens with zero attached hydrogens (tertiary/aromatic N) is 4. The van der Waals surface area contributed by atoms with Gasteiger partial charge in [-0.05, 0) is 12.1 Å². The first kappa shape index (κ1) is 13.7. The Morgan fingerprint density at radius 1 is 1.10 bits per heavy atom. The largest absolute Gasteiger partial charge is 0.340 e. The van der Waals surface area contributed by atoms with E-state index in [0.29, 0.717) is 28.1 Å². The van der Waals surface area contributed by atoms with E-state index in [0.717, 1.165) is 0 Å². The van der Waals surface area contributed by atoms with Crippen molar-refractivity contribution in [3.05, 3.63) is 58.0 Å². The maximum Gasteiger partial charge on any atom is 0.231 e. The SMILES string of the molecule is Cc1nc(Cc2noc(Cc3c(F)cccc3Cl)n2)no1. The van der Waals surface area contributed by atoms with E-state index in [4.69, 9.17) is 20.6 Å². The molecule has 3 aromatic rings. The molecule has 0 N–H and O–H groups in total. The van der Waals surface area contributed by atoms with Crippen molar-refractivity contribution in [3.8, 4) is 0 Å². The van der Waals surface area contributed by atoms with Crippen LogP contribution in [0.1, 0.15) is 29.0 Å². The van der Waals surface area contributed by atoms with Crippen LogP contribution in [0.5, 0.6) is 0 Å². The number of rotatable bonds is 4. The Balaban J connectivity index is 1.76. The van der Waals surface area contributed by atoms with Crippen LogP contribution in [0.15, 0.2) is 27.2 Å². The Morgan fingerprint density at radius 3 is 2.57 bits per heavy atom. The lowest BCUT2D eigenvalue weighted by Gasteiger charge is -2.01. The Hall–Kier alpha value is -2.28. The second kappa shape index (κ2) is 5.61. The number of aromatic nitrogens is 4. The first-order valence-electron chi connectivity index (χ1n) is 6.15. The second-order valence-electron chi connectivity index (χ2n) is 4.39. The molecule has 21 heavy (non-hydrogen) atoms. The topological polar surface area (TPSA) is 77.8 Å². The normalized spacial score (nSPS) is 11.0. The summed E-state index contributed by atoms with van der Waals surface area (Å²) in [6.45, 7) is 1.69. The van der Waals surface area contributed by atoms with E-state index in [9.17, 15) is 4.39 Å². The van der Waals surface area contributed by atoms with Gasteiger partial charge in [0.2, 0.25) is 11.8 Å². The van der Waals surface area contributed by atoms with E-state index >= 15 is 0 Å². The van der Waals surface area contributed by atoms with Crippen LogP contribution >= 0.6 is 11.6 Å². The smallest absolute Gasteiger partial charge is 0.231 e. The van der Waals surface area contributed by atoms with Gasteiger partial charge in [-0.25, -0.2) is 4.39 Å². The summed E-state index contributed by atoms with van der Waals surface area (Å²) in [5.74, 6) is 1.20. The maximum absolute atomic E-state index is 13.7. The first-order valence-corrected chi connectivity index (χ1v) is 6.53. The standard InChI is InChI=1S/C13H10ClFN4O2/c1-7-16-11(18-20-7)6-12-17-13(21-19-12)5-8-9(14)3-2-4-10(8)15/h2-4H,5-6H2,1H3.